The Morgan fingerprint density at radius 3 is 2.00 bits per heavy atom. The van der Waals surface area contributed by atoms with Crippen LogP contribution in [0.4, 0.5) is 5.69 Å². The molecule has 0 radical (unpaired) electrons. The fraction of sp³-hybridized carbons (Fsp3) is 0.684. The standard InChI is InChI=1S/C19H32N2/c1-15-9-7-8-10-16(15)21(6)19(14-20)12-17(2,3)11-18(4,5)13-19/h7-10H,11-14,20H2,1-6H3. The number of hydrogen-bond acceptors (Lipinski definition) is 2. The first-order valence-electron chi connectivity index (χ1n) is 8.10. The van der Waals surface area contributed by atoms with Gasteiger partial charge in [-0.15, -0.1) is 0 Å². The Hall–Kier alpha value is -1.02. The predicted molar refractivity (Wildman–Crippen MR) is 92.8 cm³/mol. The molecule has 0 bridgehead atoms. The Balaban J connectivity index is 2.43. The quantitative estimate of drug-likeness (QED) is 0.895. The minimum absolute atomic E-state index is 0.0529. The summed E-state index contributed by atoms with van der Waals surface area (Å²) in [6, 6.07) is 8.65. The Kier molecular flexibility index (Phi) is 4.14. The van der Waals surface area contributed by atoms with Crippen LogP contribution in [0.15, 0.2) is 24.3 Å². The summed E-state index contributed by atoms with van der Waals surface area (Å²) in [4.78, 5) is 2.46. The van der Waals surface area contributed by atoms with Crippen molar-refractivity contribution < 1.29 is 0 Å². The highest BCUT2D eigenvalue weighted by Gasteiger charge is 2.49. The van der Waals surface area contributed by atoms with Gasteiger partial charge < -0.3 is 10.6 Å². The minimum atomic E-state index is 0.0529. The van der Waals surface area contributed by atoms with Gasteiger partial charge in [0.1, 0.15) is 0 Å². The number of aryl methyl sites for hydroxylation is 1. The number of para-hydroxylation sites is 1. The van der Waals surface area contributed by atoms with Gasteiger partial charge in [0.2, 0.25) is 0 Å². The van der Waals surface area contributed by atoms with Gasteiger partial charge in [-0.3, -0.25) is 0 Å². The van der Waals surface area contributed by atoms with Gasteiger partial charge in [-0.25, -0.2) is 0 Å². The number of nitrogens with two attached hydrogens (primary N) is 1. The minimum Gasteiger partial charge on any atom is -0.367 e. The van der Waals surface area contributed by atoms with Gasteiger partial charge in [0, 0.05) is 19.3 Å². The summed E-state index contributed by atoms with van der Waals surface area (Å²) in [6.45, 7) is 12.5. The molecule has 1 aromatic carbocycles. The van der Waals surface area contributed by atoms with Crippen molar-refractivity contribution in [3.05, 3.63) is 29.8 Å². The molecule has 2 heteroatoms. The first kappa shape index (κ1) is 16.4. The fourth-order valence-corrected chi connectivity index (χ4v) is 4.98. The predicted octanol–water partition coefficient (Wildman–Crippen LogP) is 4.37. The number of anilines is 1. The molecular weight excluding hydrogens is 256 g/mol. The van der Waals surface area contributed by atoms with Crippen LogP contribution in [0.2, 0.25) is 0 Å². The van der Waals surface area contributed by atoms with Crippen LogP contribution < -0.4 is 10.6 Å². The number of hydrogen-bond donors (Lipinski definition) is 1. The number of benzene rings is 1. The molecule has 0 atom stereocenters. The summed E-state index contributed by atoms with van der Waals surface area (Å²) >= 11 is 0. The molecule has 118 valence electrons. The molecule has 1 aliphatic rings. The summed E-state index contributed by atoms with van der Waals surface area (Å²) in [5, 5.41) is 0. The highest BCUT2D eigenvalue weighted by Crippen LogP contribution is 2.52. The van der Waals surface area contributed by atoms with E-state index in [1.54, 1.807) is 0 Å². The van der Waals surface area contributed by atoms with E-state index in [1.807, 2.05) is 0 Å². The maximum absolute atomic E-state index is 6.33. The van der Waals surface area contributed by atoms with Crippen molar-refractivity contribution in [2.75, 3.05) is 18.5 Å². The highest BCUT2D eigenvalue weighted by molar-refractivity contribution is 5.55. The molecule has 0 unspecified atom stereocenters. The average molecular weight is 288 g/mol. The van der Waals surface area contributed by atoms with E-state index in [1.165, 1.54) is 17.7 Å². The molecule has 21 heavy (non-hydrogen) atoms. The van der Waals surface area contributed by atoms with Crippen LogP contribution in [0, 0.1) is 17.8 Å². The van der Waals surface area contributed by atoms with Crippen LogP contribution >= 0.6 is 0 Å². The van der Waals surface area contributed by atoms with Crippen molar-refractivity contribution in [1.82, 2.24) is 0 Å². The zero-order valence-electron chi connectivity index (χ0n) is 14.7. The van der Waals surface area contributed by atoms with Gasteiger partial charge in [-0.2, -0.15) is 0 Å². The molecule has 1 fully saturated rings. The number of likely N-dealkylation sites (N-methyl/N-ethyl adjacent to an activating group) is 1. The Morgan fingerprint density at radius 1 is 1.00 bits per heavy atom. The van der Waals surface area contributed by atoms with Gasteiger partial charge in [-0.05, 0) is 48.6 Å². The van der Waals surface area contributed by atoms with Crippen LogP contribution in [0.1, 0.15) is 52.5 Å². The van der Waals surface area contributed by atoms with Crippen LogP contribution in [-0.2, 0) is 0 Å². The maximum Gasteiger partial charge on any atom is 0.0531 e. The molecule has 0 heterocycles. The highest BCUT2D eigenvalue weighted by atomic mass is 15.2. The van der Waals surface area contributed by atoms with Gasteiger partial charge in [0.05, 0.1) is 5.54 Å². The van der Waals surface area contributed by atoms with Crippen LogP contribution in [0.3, 0.4) is 0 Å². The first-order chi connectivity index (χ1) is 9.61. The van der Waals surface area contributed by atoms with E-state index >= 15 is 0 Å². The lowest BCUT2D eigenvalue weighted by Crippen LogP contribution is -2.60. The lowest BCUT2D eigenvalue weighted by Gasteiger charge is -2.56. The van der Waals surface area contributed by atoms with Gasteiger partial charge in [0.15, 0.2) is 0 Å². The summed E-state index contributed by atoms with van der Waals surface area (Å²) < 4.78 is 0. The SMILES string of the molecule is Cc1ccccc1N(C)C1(CN)CC(C)(C)CC(C)(C)C1. The van der Waals surface area contributed by atoms with Crippen molar-refractivity contribution in [2.45, 2.75) is 59.4 Å². The molecule has 1 aliphatic carbocycles. The molecule has 2 N–H and O–H groups in total. The maximum atomic E-state index is 6.33. The lowest BCUT2D eigenvalue weighted by atomic mass is 9.58. The molecule has 0 saturated heterocycles. The van der Waals surface area contributed by atoms with Crippen molar-refractivity contribution >= 4 is 5.69 Å². The zero-order valence-corrected chi connectivity index (χ0v) is 14.7. The van der Waals surface area contributed by atoms with Crippen molar-refractivity contribution in [3.63, 3.8) is 0 Å². The molecule has 0 aromatic heterocycles. The third-order valence-corrected chi connectivity index (χ3v) is 5.14. The van der Waals surface area contributed by atoms with E-state index < -0.39 is 0 Å². The van der Waals surface area contributed by atoms with Gasteiger partial charge in [-0.1, -0.05) is 45.9 Å². The molecule has 0 aliphatic heterocycles. The molecule has 1 saturated carbocycles. The van der Waals surface area contributed by atoms with Crippen LogP contribution in [-0.4, -0.2) is 19.1 Å². The molecule has 0 spiro atoms. The van der Waals surface area contributed by atoms with E-state index in [4.69, 9.17) is 5.73 Å². The molecule has 1 aromatic rings. The Morgan fingerprint density at radius 2 is 1.52 bits per heavy atom. The second-order valence-corrected chi connectivity index (χ2v) is 8.63. The van der Waals surface area contributed by atoms with E-state index in [-0.39, 0.29) is 5.54 Å². The average Bonchev–Trinajstić information content (AvgIpc) is 2.34. The molecule has 0 amide bonds. The van der Waals surface area contributed by atoms with Crippen molar-refractivity contribution in [3.8, 4) is 0 Å². The number of nitrogens with zero attached hydrogens (tertiary/aromatic N) is 1. The van der Waals surface area contributed by atoms with Crippen LogP contribution in [0.5, 0.6) is 0 Å². The third-order valence-electron chi connectivity index (χ3n) is 5.14. The molecular formula is C19H32N2. The van der Waals surface area contributed by atoms with Crippen molar-refractivity contribution in [1.29, 1.82) is 0 Å². The van der Waals surface area contributed by atoms with E-state index in [2.05, 4.69) is 70.8 Å². The summed E-state index contributed by atoms with van der Waals surface area (Å²) in [5.74, 6) is 0. The largest absolute Gasteiger partial charge is 0.367 e. The van der Waals surface area contributed by atoms with E-state index in [0.717, 1.165) is 12.8 Å². The topological polar surface area (TPSA) is 29.3 Å². The lowest BCUT2D eigenvalue weighted by molar-refractivity contribution is 0.0499. The Labute approximate surface area is 130 Å². The Bertz CT molecular complexity index is 486. The normalized spacial score (nSPS) is 22.8. The smallest absolute Gasteiger partial charge is 0.0531 e. The molecule has 2 nitrogen and oxygen atoms in total. The summed E-state index contributed by atoms with van der Waals surface area (Å²) in [6.07, 6.45) is 3.58. The third kappa shape index (κ3) is 3.26. The van der Waals surface area contributed by atoms with Gasteiger partial charge in [0.25, 0.3) is 0 Å². The van der Waals surface area contributed by atoms with Gasteiger partial charge >= 0.3 is 0 Å². The molecule has 2 rings (SSSR count). The summed E-state index contributed by atoms with van der Waals surface area (Å²) in [5.41, 5.74) is 9.69. The van der Waals surface area contributed by atoms with E-state index in [0.29, 0.717) is 17.4 Å². The zero-order chi connectivity index (χ0) is 15.9. The van der Waals surface area contributed by atoms with E-state index in [9.17, 15) is 0 Å². The second-order valence-electron chi connectivity index (χ2n) is 8.63. The second kappa shape index (κ2) is 5.31. The number of rotatable bonds is 3. The van der Waals surface area contributed by atoms with Crippen molar-refractivity contribution in [2.24, 2.45) is 16.6 Å². The fourth-order valence-electron chi connectivity index (χ4n) is 4.98. The van der Waals surface area contributed by atoms with Crippen LogP contribution in [0.25, 0.3) is 0 Å². The summed E-state index contributed by atoms with van der Waals surface area (Å²) in [7, 11) is 2.23. The monoisotopic (exact) mass is 288 g/mol. The first-order valence-corrected chi connectivity index (χ1v) is 8.10.